The molecule has 0 saturated carbocycles. The first-order valence-corrected chi connectivity index (χ1v) is 8.95. The van der Waals surface area contributed by atoms with Crippen LogP contribution < -0.4 is 10.1 Å². The normalized spacial score (nSPS) is 11.3. The Morgan fingerprint density at radius 1 is 1.17 bits per heavy atom. The molecule has 0 aliphatic carbocycles. The monoisotopic (exact) mass is 475 g/mol. The molecule has 2 aromatic heterocycles. The van der Waals surface area contributed by atoms with Gasteiger partial charge in [0.1, 0.15) is 23.7 Å². The fraction of sp³-hybridized carbons (Fsp3) is 0.235. The van der Waals surface area contributed by atoms with Crippen LogP contribution in [0.5, 0.6) is 5.75 Å². The highest BCUT2D eigenvalue weighted by Crippen LogP contribution is 2.25. The van der Waals surface area contributed by atoms with Crippen LogP contribution in [-0.2, 0) is 18.1 Å². The summed E-state index contributed by atoms with van der Waals surface area (Å²) in [5.74, 6) is -0.105. The van der Waals surface area contributed by atoms with Crippen molar-refractivity contribution in [1.29, 1.82) is 0 Å². The summed E-state index contributed by atoms with van der Waals surface area (Å²) in [6, 6.07) is 7.72. The summed E-state index contributed by atoms with van der Waals surface area (Å²) in [7, 11) is 0. The molecule has 154 valence electrons. The van der Waals surface area contributed by atoms with Crippen molar-refractivity contribution >= 4 is 27.5 Å². The Kier molecular flexibility index (Phi) is 6.52. The number of benzene rings is 1. The second-order valence-electron chi connectivity index (χ2n) is 5.80. The molecule has 0 aliphatic rings. The molecule has 7 nitrogen and oxygen atoms in total. The van der Waals surface area contributed by atoms with Crippen molar-refractivity contribution < 1.29 is 27.1 Å². The summed E-state index contributed by atoms with van der Waals surface area (Å²) in [6.07, 6.45) is -3.25. The maximum absolute atomic E-state index is 13.0. The number of hydrogen-bond donors (Lipinski definition) is 1. The molecule has 1 amide bonds. The molecule has 0 saturated heterocycles. The second kappa shape index (κ2) is 9.07. The number of anilines is 1. The molecule has 1 aromatic carbocycles. The Hall–Kier alpha value is -2.89. The Labute approximate surface area is 170 Å². The van der Waals surface area contributed by atoms with Crippen LogP contribution in [0.25, 0.3) is 0 Å². The molecule has 3 rings (SSSR count). The fourth-order valence-corrected chi connectivity index (χ4v) is 2.63. The maximum Gasteiger partial charge on any atom is 0.282 e. The van der Waals surface area contributed by atoms with E-state index in [4.69, 9.17) is 4.74 Å². The molecule has 29 heavy (non-hydrogen) atoms. The Morgan fingerprint density at radius 3 is 2.55 bits per heavy atom. The molecular weight excluding hydrogens is 462 g/mol. The van der Waals surface area contributed by atoms with Crippen LogP contribution in [0.15, 0.2) is 47.2 Å². The predicted octanol–water partition coefficient (Wildman–Crippen LogP) is 4.39. The van der Waals surface area contributed by atoms with Crippen LogP contribution in [0.2, 0.25) is 0 Å². The van der Waals surface area contributed by atoms with E-state index in [1.807, 2.05) is 12.1 Å². The standard InChI is InChI=1S/C17H14BrF4N5O2/c18-10-1-3-12(4-2-10)29-9-26-7-11(6-23-26)24-15(28)8-27-14(17(21)22)5-13(25-27)16(19)20/h1-7,16-17H,8-9H2,(H,24,28). The lowest BCUT2D eigenvalue weighted by Crippen LogP contribution is -2.21. The second-order valence-corrected chi connectivity index (χ2v) is 6.71. The van der Waals surface area contributed by atoms with Crippen molar-refractivity contribution in [3.05, 3.63) is 58.6 Å². The number of carbonyl (C=O) groups excluding carboxylic acids is 1. The van der Waals surface area contributed by atoms with Crippen molar-refractivity contribution in [2.24, 2.45) is 0 Å². The van der Waals surface area contributed by atoms with Gasteiger partial charge >= 0.3 is 0 Å². The highest BCUT2D eigenvalue weighted by Gasteiger charge is 2.22. The third kappa shape index (κ3) is 5.56. The Balaban J connectivity index is 1.58. The Morgan fingerprint density at radius 2 is 1.90 bits per heavy atom. The molecule has 0 atom stereocenters. The van der Waals surface area contributed by atoms with Gasteiger partial charge in [0.15, 0.2) is 6.73 Å². The summed E-state index contributed by atoms with van der Waals surface area (Å²) in [6.45, 7) is -0.573. The van der Waals surface area contributed by atoms with Crippen LogP contribution in [-0.4, -0.2) is 25.5 Å². The number of rotatable bonds is 8. The molecule has 0 aliphatic heterocycles. The molecule has 0 bridgehead atoms. The van der Waals surface area contributed by atoms with Crippen molar-refractivity contribution in [1.82, 2.24) is 19.6 Å². The SMILES string of the molecule is O=C(Cn1nc(C(F)F)cc1C(F)F)Nc1cnn(COc2ccc(Br)cc2)c1. The molecular formula is C17H14BrF4N5O2. The lowest BCUT2D eigenvalue weighted by atomic mass is 10.3. The highest BCUT2D eigenvalue weighted by atomic mass is 79.9. The summed E-state index contributed by atoms with van der Waals surface area (Å²) < 4.78 is 59.7. The van der Waals surface area contributed by atoms with Gasteiger partial charge in [-0.15, -0.1) is 0 Å². The number of aromatic nitrogens is 4. The highest BCUT2D eigenvalue weighted by molar-refractivity contribution is 9.10. The van der Waals surface area contributed by atoms with E-state index < -0.39 is 36.7 Å². The van der Waals surface area contributed by atoms with Crippen LogP contribution in [0.4, 0.5) is 23.2 Å². The van der Waals surface area contributed by atoms with Gasteiger partial charge in [-0.3, -0.25) is 9.48 Å². The minimum absolute atomic E-state index is 0.0734. The molecule has 12 heteroatoms. The summed E-state index contributed by atoms with van der Waals surface area (Å²) in [5.41, 5.74) is -1.28. The van der Waals surface area contributed by atoms with Crippen molar-refractivity contribution in [2.75, 3.05) is 5.32 Å². The van der Waals surface area contributed by atoms with E-state index in [1.54, 1.807) is 12.1 Å². The van der Waals surface area contributed by atoms with Crippen LogP contribution in [0, 0.1) is 0 Å². The quantitative estimate of drug-likeness (QED) is 0.490. The van der Waals surface area contributed by atoms with Crippen LogP contribution >= 0.6 is 15.9 Å². The van der Waals surface area contributed by atoms with Gasteiger partial charge in [0.2, 0.25) is 5.91 Å². The zero-order valence-electron chi connectivity index (χ0n) is 14.6. The number of nitrogens with one attached hydrogen (secondary N) is 1. The number of halogens is 5. The first kappa shape index (κ1) is 20.8. The van der Waals surface area contributed by atoms with Crippen molar-refractivity contribution in [2.45, 2.75) is 26.1 Å². The van der Waals surface area contributed by atoms with E-state index in [2.05, 4.69) is 31.4 Å². The van der Waals surface area contributed by atoms with E-state index in [0.717, 1.165) is 4.47 Å². The number of alkyl halides is 4. The van der Waals surface area contributed by atoms with Gasteiger partial charge in [-0.25, -0.2) is 22.2 Å². The van der Waals surface area contributed by atoms with Gasteiger partial charge in [0.05, 0.1) is 18.1 Å². The molecule has 1 N–H and O–H groups in total. The Bertz CT molecular complexity index is 975. The van der Waals surface area contributed by atoms with E-state index in [-0.39, 0.29) is 12.4 Å². The smallest absolute Gasteiger partial charge is 0.282 e. The van der Waals surface area contributed by atoms with Crippen LogP contribution in [0.1, 0.15) is 24.2 Å². The predicted molar refractivity (Wildman–Crippen MR) is 97.8 cm³/mol. The summed E-state index contributed by atoms with van der Waals surface area (Å²) >= 11 is 3.31. The number of carbonyl (C=O) groups is 1. The van der Waals surface area contributed by atoms with Gasteiger partial charge in [-0.2, -0.15) is 10.2 Å². The summed E-state index contributed by atoms with van der Waals surface area (Å²) in [5, 5.41) is 9.82. The zero-order chi connectivity index (χ0) is 21.0. The molecule has 3 aromatic rings. The third-order valence-electron chi connectivity index (χ3n) is 3.66. The van der Waals surface area contributed by atoms with Gasteiger partial charge in [-0.05, 0) is 30.3 Å². The number of amides is 1. The van der Waals surface area contributed by atoms with E-state index in [0.29, 0.717) is 16.5 Å². The third-order valence-corrected chi connectivity index (χ3v) is 4.19. The lowest BCUT2D eigenvalue weighted by Gasteiger charge is -2.07. The van der Waals surface area contributed by atoms with Gasteiger partial charge in [-0.1, -0.05) is 15.9 Å². The van der Waals surface area contributed by atoms with Crippen molar-refractivity contribution in [3.63, 3.8) is 0 Å². The van der Waals surface area contributed by atoms with Crippen molar-refractivity contribution in [3.8, 4) is 5.75 Å². The number of hydrogen-bond acceptors (Lipinski definition) is 4. The fourth-order valence-electron chi connectivity index (χ4n) is 2.37. The summed E-state index contributed by atoms with van der Waals surface area (Å²) in [4.78, 5) is 12.1. The van der Waals surface area contributed by atoms with Gasteiger partial charge in [0, 0.05) is 4.47 Å². The molecule has 0 unspecified atom stereocenters. The van der Waals surface area contributed by atoms with Crippen LogP contribution in [0.3, 0.4) is 0 Å². The first-order valence-electron chi connectivity index (χ1n) is 8.16. The largest absolute Gasteiger partial charge is 0.471 e. The van der Waals surface area contributed by atoms with E-state index in [1.165, 1.54) is 17.1 Å². The average Bonchev–Trinajstić information content (AvgIpc) is 3.28. The number of nitrogens with zero attached hydrogens (tertiary/aromatic N) is 4. The maximum atomic E-state index is 13.0. The van der Waals surface area contributed by atoms with Gasteiger partial charge in [0.25, 0.3) is 12.9 Å². The molecule has 0 radical (unpaired) electrons. The molecule has 0 fully saturated rings. The van der Waals surface area contributed by atoms with Gasteiger partial charge < -0.3 is 10.1 Å². The molecule has 0 spiro atoms. The molecule has 2 heterocycles. The van der Waals surface area contributed by atoms with E-state index >= 15 is 0 Å². The first-order chi connectivity index (χ1) is 13.8. The minimum atomic E-state index is -3.04. The average molecular weight is 476 g/mol. The number of ether oxygens (including phenoxy) is 1. The zero-order valence-corrected chi connectivity index (χ0v) is 16.2. The lowest BCUT2D eigenvalue weighted by molar-refractivity contribution is -0.117. The van der Waals surface area contributed by atoms with E-state index in [9.17, 15) is 22.4 Å². The topological polar surface area (TPSA) is 74.0 Å². The minimum Gasteiger partial charge on any atom is -0.471 e.